The number of benzene rings is 2. The van der Waals surface area contributed by atoms with E-state index in [1.807, 2.05) is 24.3 Å². The number of carbonyl (C=O) groups excluding carboxylic acids is 1. The Labute approximate surface area is 167 Å². The molecule has 27 heavy (non-hydrogen) atoms. The highest BCUT2D eigenvalue weighted by atomic mass is 79.9. The van der Waals surface area contributed by atoms with Crippen LogP contribution in [0.15, 0.2) is 72.3 Å². The fourth-order valence-corrected chi connectivity index (χ4v) is 2.56. The molecule has 0 N–H and O–H groups in total. The Morgan fingerprint density at radius 3 is 2.30 bits per heavy atom. The Balaban J connectivity index is 2.38. The number of carbonyl (C=O) groups is 1. The summed E-state index contributed by atoms with van der Waals surface area (Å²) in [5.41, 5.74) is 1.24. The van der Waals surface area contributed by atoms with Crippen molar-refractivity contribution in [2.24, 2.45) is 0 Å². The van der Waals surface area contributed by atoms with E-state index in [1.54, 1.807) is 30.4 Å². The lowest BCUT2D eigenvalue weighted by Crippen LogP contribution is -2.06. The second-order valence-electron chi connectivity index (χ2n) is 5.45. The monoisotopic (exact) mass is 428 g/mol. The Kier molecular flexibility index (Phi) is 7.89. The van der Waals surface area contributed by atoms with Crippen molar-refractivity contribution < 1.29 is 19.0 Å². The van der Waals surface area contributed by atoms with Crippen LogP contribution in [0.5, 0.6) is 17.2 Å². The highest BCUT2D eigenvalue weighted by molar-refractivity contribution is 9.10. The van der Waals surface area contributed by atoms with Crippen molar-refractivity contribution >= 4 is 27.8 Å². The summed E-state index contributed by atoms with van der Waals surface area (Å²) in [6.07, 6.45) is 6.48. The molecule has 0 radical (unpaired) electrons. The first kappa shape index (κ1) is 20.5. The molecular formula is C22H21BrO4. The van der Waals surface area contributed by atoms with Crippen molar-refractivity contribution in [1.29, 1.82) is 0 Å². The molecule has 0 spiro atoms. The topological polar surface area (TPSA) is 44.8 Å². The number of hydrogen-bond acceptors (Lipinski definition) is 4. The lowest BCUT2D eigenvalue weighted by molar-refractivity contribution is 0.104. The molecule has 2 aromatic rings. The Hall–Kier alpha value is -2.79. The predicted octanol–water partition coefficient (Wildman–Crippen LogP) is 5.48. The van der Waals surface area contributed by atoms with Crippen LogP contribution in [-0.2, 0) is 0 Å². The van der Waals surface area contributed by atoms with Crippen LogP contribution < -0.4 is 14.2 Å². The molecule has 140 valence electrons. The van der Waals surface area contributed by atoms with E-state index < -0.39 is 0 Å². The van der Waals surface area contributed by atoms with Crippen LogP contribution in [0.4, 0.5) is 0 Å². The van der Waals surface area contributed by atoms with Crippen LogP contribution in [0.25, 0.3) is 6.08 Å². The van der Waals surface area contributed by atoms with Gasteiger partial charge < -0.3 is 14.2 Å². The fourth-order valence-electron chi connectivity index (χ4n) is 2.30. The molecule has 0 saturated carbocycles. The third-order valence-corrected chi connectivity index (χ3v) is 4.06. The number of methoxy groups -OCH3 is 1. The number of allylic oxidation sites excluding steroid dienone is 1. The maximum Gasteiger partial charge on any atom is 0.193 e. The van der Waals surface area contributed by atoms with Gasteiger partial charge in [0, 0.05) is 16.6 Å². The molecule has 0 heterocycles. The van der Waals surface area contributed by atoms with Gasteiger partial charge in [-0.2, -0.15) is 0 Å². The van der Waals surface area contributed by atoms with E-state index in [4.69, 9.17) is 14.2 Å². The molecule has 0 aliphatic carbocycles. The first-order valence-electron chi connectivity index (χ1n) is 8.26. The fraction of sp³-hybridized carbons (Fsp3) is 0.136. The van der Waals surface area contributed by atoms with E-state index in [2.05, 4.69) is 29.1 Å². The minimum absolute atomic E-state index is 0.232. The summed E-state index contributed by atoms with van der Waals surface area (Å²) >= 11 is 3.39. The first-order chi connectivity index (χ1) is 13.1. The average molecular weight is 429 g/mol. The van der Waals surface area contributed by atoms with Crippen LogP contribution in [0.3, 0.4) is 0 Å². The summed E-state index contributed by atoms with van der Waals surface area (Å²) in [4.78, 5) is 12.8. The molecule has 2 rings (SSSR count). The zero-order valence-electron chi connectivity index (χ0n) is 15.1. The van der Waals surface area contributed by atoms with Gasteiger partial charge in [-0.25, -0.2) is 0 Å². The SMILES string of the molecule is C=CCOc1cc(OC)c(C(=O)C=Cc2ccc(Br)cc2)c(OCC=C)c1. The van der Waals surface area contributed by atoms with E-state index in [1.165, 1.54) is 13.2 Å². The molecule has 0 bridgehead atoms. The first-order valence-corrected chi connectivity index (χ1v) is 9.05. The molecule has 0 amide bonds. The van der Waals surface area contributed by atoms with Crippen LogP contribution >= 0.6 is 15.9 Å². The number of halogens is 1. The van der Waals surface area contributed by atoms with Gasteiger partial charge >= 0.3 is 0 Å². The molecule has 2 aromatic carbocycles. The number of rotatable bonds is 10. The highest BCUT2D eigenvalue weighted by Gasteiger charge is 2.19. The van der Waals surface area contributed by atoms with Crippen molar-refractivity contribution in [3.05, 3.63) is 83.4 Å². The molecule has 0 aliphatic heterocycles. The maximum absolute atomic E-state index is 12.8. The molecular weight excluding hydrogens is 408 g/mol. The zero-order valence-corrected chi connectivity index (χ0v) is 16.7. The molecule has 4 nitrogen and oxygen atoms in total. The lowest BCUT2D eigenvalue weighted by Gasteiger charge is -2.15. The summed E-state index contributed by atoms with van der Waals surface area (Å²) in [5, 5.41) is 0. The van der Waals surface area contributed by atoms with E-state index >= 15 is 0 Å². The second kappa shape index (κ2) is 10.4. The van der Waals surface area contributed by atoms with Gasteiger partial charge in [-0.05, 0) is 23.8 Å². The average Bonchev–Trinajstić information content (AvgIpc) is 2.69. The maximum atomic E-state index is 12.8. The molecule has 0 saturated heterocycles. The van der Waals surface area contributed by atoms with E-state index in [-0.39, 0.29) is 12.4 Å². The van der Waals surface area contributed by atoms with Crippen molar-refractivity contribution in [3.63, 3.8) is 0 Å². The quantitative estimate of drug-likeness (QED) is 0.285. The van der Waals surface area contributed by atoms with Crippen molar-refractivity contribution in [3.8, 4) is 17.2 Å². The van der Waals surface area contributed by atoms with Gasteiger partial charge in [-0.1, -0.05) is 59.4 Å². The van der Waals surface area contributed by atoms with Crippen molar-refractivity contribution in [1.82, 2.24) is 0 Å². The van der Waals surface area contributed by atoms with Crippen molar-refractivity contribution in [2.45, 2.75) is 0 Å². The van der Waals surface area contributed by atoms with Gasteiger partial charge in [0.25, 0.3) is 0 Å². The highest BCUT2D eigenvalue weighted by Crippen LogP contribution is 2.35. The van der Waals surface area contributed by atoms with Gasteiger partial charge in [0.15, 0.2) is 5.78 Å². The van der Waals surface area contributed by atoms with E-state index in [0.29, 0.717) is 29.4 Å². The van der Waals surface area contributed by atoms with Gasteiger partial charge in [0.1, 0.15) is 36.0 Å². The summed E-state index contributed by atoms with van der Waals surface area (Å²) in [6.45, 7) is 7.86. The van der Waals surface area contributed by atoms with E-state index in [9.17, 15) is 4.79 Å². The van der Waals surface area contributed by atoms with Crippen LogP contribution in [0, 0.1) is 0 Å². The Morgan fingerprint density at radius 1 is 1.04 bits per heavy atom. The normalized spacial score (nSPS) is 10.4. The molecule has 0 unspecified atom stereocenters. The zero-order chi connectivity index (χ0) is 19.6. The van der Waals surface area contributed by atoms with Crippen LogP contribution in [0.1, 0.15) is 15.9 Å². The summed E-state index contributed by atoms with van der Waals surface area (Å²) < 4.78 is 17.6. The standard InChI is InChI=1S/C22H21BrO4/c1-4-12-26-18-14-20(25-3)22(21(15-18)27-13-5-2)19(24)11-8-16-6-9-17(23)10-7-16/h4-11,14-15H,1-2,12-13H2,3H3. The smallest absolute Gasteiger partial charge is 0.193 e. The number of ether oxygens (including phenoxy) is 3. The Bertz CT molecular complexity index is 838. The molecule has 0 aromatic heterocycles. The predicted molar refractivity (Wildman–Crippen MR) is 112 cm³/mol. The second-order valence-corrected chi connectivity index (χ2v) is 6.36. The largest absolute Gasteiger partial charge is 0.496 e. The van der Waals surface area contributed by atoms with Crippen LogP contribution in [-0.4, -0.2) is 26.1 Å². The van der Waals surface area contributed by atoms with Gasteiger partial charge in [-0.3, -0.25) is 4.79 Å². The molecule has 5 heteroatoms. The number of hydrogen-bond donors (Lipinski definition) is 0. The van der Waals surface area contributed by atoms with Gasteiger partial charge in [-0.15, -0.1) is 0 Å². The van der Waals surface area contributed by atoms with Crippen molar-refractivity contribution in [2.75, 3.05) is 20.3 Å². The Morgan fingerprint density at radius 2 is 1.67 bits per heavy atom. The molecule has 0 aliphatic rings. The van der Waals surface area contributed by atoms with E-state index in [0.717, 1.165) is 10.0 Å². The summed E-state index contributed by atoms with van der Waals surface area (Å²) in [5.74, 6) is 1.04. The minimum Gasteiger partial charge on any atom is -0.496 e. The molecule has 0 atom stereocenters. The van der Waals surface area contributed by atoms with Gasteiger partial charge in [0.05, 0.1) is 7.11 Å². The summed E-state index contributed by atoms with van der Waals surface area (Å²) in [7, 11) is 1.50. The summed E-state index contributed by atoms with van der Waals surface area (Å²) in [6, 6.07) is 11.0. The molecule has 0 fully saturated rings. The third-order valence-electron chi connectivity index (χ3n) is 3.53. The minimum atomic E-state index is -0.232. The van der Waals surface area contributed by atoms with Gasteiger partial charge in [0.2, 0.25) is 0 Å². The van der Waals surface area contributed by atoms with Crippen LogP contribution in [0.2, 0.25) is 0 Å². The third kappa shape index (κ3) is 5.86. The number of ketones is 1. The lowest BCUT2D eigenvalue weighted by atomic mass is 10.1.